The van der Waals surface area contributed by atoms with Crippen molar-refractivity contribution in [1.29, 1.82) is 0 Å². The van der Waals surface area contributed by atoms with Crippen molar-refractivity contribution >= 4 is 0 Å². The fourth-order valence-electron chi connectivity index (χ4n) is 5.01. The second kappa shape index (κ2) is 10.3. The molecule has 3 aromatic carbocycles. The third-order valence-corrected chi connectivity index (χ3v) is 6.79. The quantitative estimate of drug-likeness (QED) is 0.386. The highest BCUT2D eigenvalue weighted by molar-refractivity contribution is 5.55. The molecule has 5 heteroatoms. The Morgan fingerprint density at radius 1 is 0.824 bits per heavy atom. The molecule has 0 saturated carbocycles. The predicted molar refractivity (Wildman–Crippen MR) is 137 cm³/mol. The van der Waals surface area contributed by atoms with Gasteiger partial charge in [-0.25, -0.2) is 4.98 Å². The molecule has 1 fully saturated rings. The lowest BCUT2D eigenvalue weighted by Gasteiger charge is -2.42. The minimum absolute atomic E-state index is 0.0154. The van der Waals surface area contributed by atoms with Crippen LogP contribution in [-0.4, -0.2) is 52.2 Å². The van der Waals surface area contributed by atoms with Crippen molar-refractivity contribution in [3.8, 4) is 11.4 Å². The maximum Gasteiger partial charge on any atom is 0.137 e. The third kappa shape index (κ3) is 4.82. The standard InChI is InChI=1S/C29H32N4O/c1-21-12-14-24(15-13-21)29-31-20-25(32-29)28(34)27(33-18-16-30-17-19-33)26(22-8-4-2-5-9-22)23-10-6-3-7-11-23/h2-15,20,26-28,30,34H,16-19H2,1H3,(H,31,32). The summed E-state index contributed by atoms with van der Waals surface area (Å²) in [7, 11) is 0. The molecule has 0 bridgehead atoms. The minimum Gasteiger partial charge on any atom is -0.385 e. The number of piperazine rings is 1. The van der Waals surface area contributed by atoms with Crippen LogP contribution in [0.1, 0.15) is 34.4 Å². The second-order valence-corrected chi connectivity index (χ2v) is 9.07. The Morgan fingerprint density at radius 3 is 2.00 bits per heavy atom. The SMILES string of the molecule is Cc1ccc(-c2ncc(C(O)C(C(c3ccccc3)c3ccccc3)N3CCNCC3)[nH]2)cc1. The first-order valence-corrected chi connectivity index (χ1v) is 12.1. The highest BCUT2D eigenvalue weighted by Gasteiger charge is 2.37. The van der Waals surface area contributed by atoms with Crippen LogP contribution in [0.3, 0.4) is 0 Å². The van der Waals surface area contributed by atoms with Crippen LogP contribution in [0, 0.1) is 6.92 Å². The number of aromatic amines is 1. The number of aliphatic hydroxyl groups excluding tert-OH is 1. The molecule has 2 heterocycles. The van der Waals surface area contributed by atoms with Crippen molar-refractivity contribution in [2.75, 3.05) is 26.2 Å². The summed E-state index contributed by atoms with van der Waals surface area (Å²) in [5, 5.41) is 15.4. The van der Waals surface area contributed by atoms with Gasteiger partial charge >= 0.3 is 0 Å². The normalized spacial score (nSPS) is 16.4. The summed E-state index contributed by atoms with van der Waals surface area (Å²) in [6, 6.07) is 29.3. The zero-order chi connectivity index (χ0) is 23.3. The van der Waals surface area contributed by atoms with Gasteiger partial charge in [-0.15, -0.1) is 0 Å². The van der Waals surface area contributed by atoms with E-state index >= 15 is 0 Å². The Bertz CT molecular complexity index is 1130. The van der Waals surface area contributed by atoms with E-state index in [1.54, 1.807) is 6.20 Å². The molecule has 4 aromatic rings. The van der Waals surface area contributed by atoms with E-state index in [1.807, 2.05) is 12.1 Å². The molecular formula is C29H32N4O. The number of nitrogens with zero attached hydrogens (tertiary/aromatic N) is 2. The van der Waals surface area contributed by atoms with E-state index in [2.05, 4.69) is 99.9 Å². The lowest BCUT2D eigenvalue weighted by Crippen LogP contribution is -2.52. The van der Waals surface area contributed by atoms with Crippen molar-refractivity contribution in [2.45, 2.75) is 25.0 Å². The molecule has 5 nitrogen and oxygen atoms in total. The first-order chi connectivity index (χ1) is 16.7. The third-order valence-electron chi connectivity index (χ3n) is 6.79. The summed E-state index contributed by atoms with van der Waals surface area (Å²) in [5.41, 5.74) is 5.38. The van der Waals surface area contributed by atoms with Crippen LogP contribution in [0.25, 0.3) is 11.4 Å². The molecule has 0 radical (unpaired) electrons. The maximum atomic E-state index is 11.9. The number of benzene rings is 3. The fourth-order valence-corrected chi connectivity index (χ4v) is 5.01. The van der Waals surface area contributed by atoms with Crippen LogP contribution >= 0.6 is 0 Å². The fraction of sp³-hybridized carbons (Fsp3) is 0.276. The van der Waals surface area contributed by atoms with Crippen LogP contribution in [0.15, 0.2) is 91.1 Å². The number of nitrogens with one attached hydrogen (secondary N) is 2. The molecular weight excluding hydrogens is 420 g/mol. The number of aryl methyl sites for hydroxylation is 1. The van der Waals surface area contributed by atoms with Crippen LogP contribution < -0.4 is 5.32 Å². The van der Waals surface area contributed by atoms with Gasteiger partial charge in [-0.05, 0) is 18.1 Å². The summed E-state index contributed by atoms with van der Waals surface area (Å²) in [4.78, 5) is 10.5. The highest BCUT2D eigenvalue weighted by atomic mass is 16.3. The maximum absolute atomic E-state index is 11.9. The number of imidazole rings is 1. The highest BCUT2D eigenvalue weighted by Crippen LogP contribution is 2.38. The molecule has 5 rings (SSSR count). The van der Waals surface area contributed by atoms with Crippen LogP contribution in [0.2, 0.25) is 0 Å². The Hall–Kier alpha value is -3.25. The number of H-pyrrole nitrogens is 1. The average molecular weight is 453 g/mol. The number of hydrogen-bond acceptors (Lipinski definition) is 4. The van der Waals surface area contributed by atoms with Crippen molar-refractivity contribution in [3.63, 3.8) is 0 Å². The topological polar surface area (TPSA) is 64.2 Å². The van der Waals surface area contributed by atoms with Gasteiger partial charge in [0.15, 0.2) is 0 Å². The zero-order valence-electron chi connectivity index (χ0n) is 19.6. The van der Waals surface area contributed by atoms with Crippen molar-refractivity contribution in [2.24, 2.45) is 0 Å². The van der Waals surface area contributed by atoms with Crippen molar-refractivity contribution in [1.82, 2.24) is 20.2 Å². The smallest absolute Gasteiger partial charge is 0.137 e. The summed E-state index contributed by atoms with van der Waals surface area (Å²) >= 11 is 0. The molecule has 1 aliphatic heterocycles. The number of hydrogen-bond donors (Lipinski definition) is 3. The van der Waals surface area contributed by atoms with Crippen LogP contribution in [-0.2, 0) is 0 Å². The number of rotatable bonds is 7. The molecule has 0 aliphatic carbocycles. The lowest BCUT2D eigenvalue weighted by molar-refractivity contribution is 0.0299. The average Bonchev–Trinajstić information content (AvgIpc) is 3.39. The van der Waals surface area contributed by atoms with Crippen molar-refractivity contribution in [3.05, 3.63) is 114 Å². The van der Waals surface area contributed by atoms with E-state index in [1.165, 1.54) is 16.7 Å². The molecule has 1 aliphatic rings. The number of aromatic nitrogens is 2. The summed E-state index contributed by atoms with van der Waals surface area (Å²) in [6.07, 6.45) is 1.07. The first-order valence-electron chi connectivity index (χ1n) is 12.1. The first kappa shape index (κ1) is 22.5. The van der Waals surface area contributed by atoms with Gasteiger partial charge in [-0.2, -0.15) is 0 Å². The van der Waals surface area contributed by atoms with Crippen LogP contribution in [0.4, 0.5) is 0 Å². The Labute approximate surface area is 201 Å². The van der Waals surface area contributed by atoms with Gasteiger partial charge in [0, 0.05) is 37.7 Å². The van der Waals surface area contributed by atoms with Gasteiger partial charge in [0.05, 0.1) is 17.9 Å². The Kier molecular flexibility index (Phi) is 6.86. The van der Waals surface area contributed by atoms with Gasteiger partial charge in [0.1, 0.15) is 11.9 Å². The molecule has 3 N–H and O–H groups in total. The second-order valence-electron chi connectivity index (χ2n) is 9.07. The van der Waals surface area contributed by atoms with E-state index < -0.39 is 6.10 Å². The molecule has 174 valence electrons. The monoisotopic (exact) mass is 452 g/mol. The van der Waals surface area contributed by atoms with Crippen molar-refractivity contribution < 1.29 is 5.11 Å². The lowest BCUT2D eigenvalue weighted by atomic mass is 9.80. The van der Waals surface area contributed by atoms with E-state index in [9.17, 15) is 5.11 Å². The Balaban J connectivity index is 1.55. The van der Waals surface area contributed by atoms with E-state index in [0.29, 0.717) is 0 Å². The molecule has 2 unspecified atom stereocenters. The van der Waals surface area contributed by atoms with E-state index in [-0.39, 0.29) is 12.0 Å². The summed E-state index contributed by atoms with van der Waals surface area (Å²) < 4.78 is 0. The van der Waals surface area contributed by atoms with Gasteiger partial charge in [-0.1, -0.05) is 90.5 Å². The van der Waals surface area contributed by atoms with E-state index in [0.717, 1.165) is 43.3 Å². The molecule has 2 atom stereocenters. The zero-order valence-corrected chi connectivity index (χ0v) is 19.6. The molecule has 1 saturated heterocycles. The van der Waals surface area contributed by atoms with E-state index in [4.69, 9.17) is 0 Å². The van der Waals surface area contributed by atoms with Crippen LogP contribution in [0.5, 0.6) is 0 Å². The molecule has 0 spiro atoms. The van der Waals surface area contributed by atoms with Gasteiger partial charge < -0.3 is 15.4 Å². The summed E-state index contributed by atoms with van der Waals surface area (Å²) in [5.74, 6) is 0.797. The largest absolute Gasteiger partial charge is 0.385 e. The van der Waals surface area contributed by atoms with Gasteiger partial charge in [-0.3, -0.25) is 4.90 Å². The predicted octanol–water partition coefficient (Wildman–Crippen LogP) is 4.52. The Morgan fingerprint density at radius 2 is 1.41 bits per heavy atom. The van der Waals surface area contributed by atoms with Gasteiger partial charge in [0.2, 0.25) is 0 Å². The molecule has 0 amide bonds. The molecule has 1 aromatic heterocycles. The number of aliphatic hydroxyl groups is 1. The minimum atomic E-state index is -0.727. The van der Waals surface area contributed by atoms with Gasteiger partial charge in [0.25, 0.3) is 0 Å². The molecule has 34 heavy (non-hydrogen) atoms. The summed E-state index contributed by atoms with van der Waals surface area (Å²) in [6.45, 7) is 5.68.